The molecule has 2 aromatic rings. The molecule has 5 nitrogen and oxygen atoms in total. The number of carbonyl (C=O) groups is 2. The number of amides is 2. The maximum Gasteiger partial charge on any atom is 0.257 e. The molecule has 0 radical (unpaired) electrons. The SMILES string of the molecule is CCNC(=O)COc1ccc(NC(=O)Cc2ccc(F)cc2)cc1. The molecular formula is C18H19FN2O3. The van der Waals surface area contributed by atoms with Crippen molar-refractivity contribution >= 4 is 17.5 Å². The quantitative estimate of drug-likeness (QED) is 0.820. The van der Waals surface area contributed by atoms with E-state index in [0.717, 1.165) is 5.56 Å². The summed E-state index contributed by atoms with van der Waals surface area (Å²) in [6.45, 7) is 2.34. The predicted molar refractivity (Wildman–Crippen MR) is 89.4 cm³/mol. The number of rotatable bonds is 7. The Morgan fingerprint density at radius 3 is 2.29 bits per heavy atom. The van der Waals surface area contributed by atoms with Crippen LogP contribution in [0.15, 0.2) is 48.5 Å². The van der Waals surface area contributed by atoms with Gasteiger partial charge in [-0.1, -0.05) is 12.1 Å². The molecule has 2 amide bonds. The molecule has 0 aliphatic rings. The Hall–Kier alpha value is -2.89. The summed E-state index contributed by atoms with van der Waals surface area (Å²) in [5.74, 6) is -0.174. The van der Waals surface area contributed by atoms with Crippen LogP contribution < -0.4 is 15.4 Å². The molecule has 2 rings (SSSR count). The van der Waals surface area contributed by atoms with Crippen LogP contribution in [0.2, 0.25) is 0 Å². The van der Waals surface area contributed by atoms with Gasteiger partial charge < -0.3 is 15.4 Å². The number of nitrogens with one attached hydrogen (secondary N) is 2. The minimum atomic E-state index is -0.331. The van der Waals surface area contributed by atoms with Crippen LogP contribution in [0.4, 0.5) is 10.1 Å². The minimum absolute atomic E-state index is 0.0515. The van der Waals surface area contributed by atoms with Gasteiger partial charge in [0.2, 0.25) is 5.91 Å². The van der Waals surface area contributed by atoms with Gasteiger partial charge in [-0.2, -0.15) is 0 Å². The summed E-state index contributed by atoms with van der Waals surface area (Å²) in [4.78, 5) is 23.3. The Kier molecular flexibility index (Phi) is 6.31. The normalized spacial score (nSPS) is 10.1. The van der Waals surface area contributed by atoms with Crippen molar-refractivity contribution < 1.29 is 18.7 Å². The zero-order chi connectivity index (χ0) is 17.4. The Morgan fingerprint density at radius 2 is 1.67 bits per heavy atom. The van der Waals surface area contributed by atoms with Crippen molar-refractivity contribution in [2.45, 2.75) is 13.3 Å². The van der Waals surface area contributed by atoms with E-state index in [9.17, 15) is 14.0 Å². The van der Waals surface area contributed by atoms with Gasteiger partial charge in [-0.25, -0.2) is 4.39 Å². The standard InChI is InChI=1S/C18H19FN2O3/c1-2-20-18(23)12-24-16-9-7-15(8-10-16)21-17(22)11-13-3-5-14(19)6-4-13/h3-10H,2,11-12H2,1H3,(H,20,23)(H,21,22). The highest BCUT2D eigenvalue weighted by atomic mass is 19.1. The third kappa shape index (κ3) is 5.72. The van der Waals surface area contributed by atoms with E-state index < -0.39 is 0 Å². The number of hydrogen-bond acceptors (Lipinski definition) is 3. The van der Waals surface area contributed by atoms with E-state index in [1.54, 1.807) is 36.4 Å². The van der Waals surface area contributed by atoms with E-state index in [0.29, 0.717) is 18.0 Å². The fourth-order valence-electron chi connectivity index (χ4n) is 2.02. The lowest BCUT2D eigenvalue weighted by atomic mass is 10.1. The van der Waals surface area contributed by atoms with Gasteiger partial charge in [0.05, 0.1) is 6.42 Å². The maximum atomic E-state index is 12.8. The van der Waals surface area contributed by atoms with Crippen LogP contribution in [0, 0.1) is 5.82 Å². The number of hydrogen-bond donors (Lipinski definition) is 2. The van der Waals surface area contributed by atoms with Crippen molar-refractivity contribution in [3.63, 3.8) is 0 Å². The first-order chi connectivity index (χ1) is 11.6. The molecule has 24 heavy (non-hydrogen) atoms. The smallest absolute Gasteiger partial charge is 0.257 e. The van der Waals surface area contributed by atoms with E-state index in [2.05, 4.69) is 10.6 Å². The topological polar surface area (TPSA) is 67.4 Å². The van der Waals surface area contributed by atoms with E-state index in [1.807, 2.05) is 6.92 Å². The van der Waals surface area contributed by atoms with Crippen LogP contribution in [0.5, 0.6) is 5.75 Å². The van der Waals surface area contributed by atoms with Gasteiger partial charge in [-0.05, 0) is 48.9 Å². The maximum absolute atomic E-state index is 12.8. The van der Waals surface area contributed by atoms with Crippen molar-refractivity contribution in [3.8, 4) is 5.75 Å². The van der Waals surface area contributed by atoms with Gasteiger partial charge >= 0.3 is 0 Å². The van der Waals surface area contributed by atoms with Gasteiger partial charge in [0, 0.05) is 12.2 Å². The molecule has 0 fully saturated rings. The summed E-state index contributed by atoms with van der Waals surface area (Å²) >= 11 is 0. The molecule has 0 saturated carbocycles. The van der Waals surface area contributed by atoms with E-state index in [4.69, 9.17) is 4.74 Å². The second-order valence-corrected chi connectivity index (χ2v) is 5.12. The number of benzene rings is 2. The third-order valence-electron chi connectivity index (χ3n) is 3.16. The van der Waals surface area contributed by atoms with Crippen LogP contribution in [0.3, 0.4) is 0 Å². The first-order valence-corrected chi connectivity index (χ1v) is 7.60. The minimum Gasteiger partial charge on any atom is -0.484 e. The summed E-state index contributed by atoms with van der Waals surface area (Å²) in [5, 5.41) is 5.39. The molecule has 0 aliphatic heterocycles. The van der Waals surface area contributed by atoms with Crippen LogP contribution in [0.1, 0.15) is 12.5 Å². The summed E-state index contributed by atoms with van der Waals surface area (Å²) < 4.78 is 18.2. The molecule has 0 aliphatic carbocycles. The molecule has 0 aromatic heterocycles. The number of likely N-dealkylation sites (N-methyl/N-ethyl adjacent to an activating group) is 1. The molecule has 2 aromatic carbocycles. The zero-order valence-electron chi connectivity index (χ0n) is 13.3. The fourth-order valence-corrected chi connectivity index (χ4v) is 2.02. The number of carbonyl (C=O) groups excluding carboxylic acids is 2. The van der Waals surface area contributed by atoms with E-state index in [1.165, 1.54) is 12.1 Å². The monoisotopic (exact) mass is 330 g/mol. The van der Waals surface area contributed by atoms with Crippen molar-refractivity contribution in [1.82, 2.24) is 5.32 Å². The molecule has 0 unspecified atom stereocenters. The van der Waals surface area contributed by atoms with Crippen molar-refractivity contribution in [1.29, 1.82) is 0 Å². The highest BCUT2D eigenvalue weighted by molar-refractivity contribution is 5.92. The molecule has 0 atom stereocenters. The van der Waals surface area contributed by atoms with E-state index >= 15 is 0 Å². The second kappa shape index (κ2) is 8.67. The first-order valence-electron chi connectivity index (χ1n) is 7.60. The molecule has 0 spiro atoms. The molecule has 0 heterocycles. The Bertz CT molecular complexity index is 684. The van der Waals surface area contributed by atoms with E-state index in [-0.39, 0.29) is 30.7 Å². The van der Waals surface area contributed by atoms with Crippen LogP contribution in [-0.4, -0.2) is 25.0 Å². The zero-order valence-corrected chi connectivity index (χ0v) is 13.3. The lowest BCUT2D eigenvalue weighted by molar-refractivity contribution is -0.123. The van der Waals surface area contributed by atoms with Crippen LogP contribution >= 0.6 is 0 Å². The highest BCUT2D eigenvalue weighted by Crippen LogP contribution is 2.16. The van der Waals surface area contributed by atoms with Crippen LogP contribution in [-0.2, 0) is 16.0 Å². The molecule has 6 heteroatoms. The summed E-state index contributed by atoms with van der Waals surface area (Å²) in [6, 6.07) is 12.5. The van der Waals surface area contributed by atoms with Gasteiger partial charge in [-0.3, -0.25) is 9.59 Å². The van der Waals surface area contributed by atoms with Crippen molar-refractivity contribution in [2.24, 2.45) is 0 Å². The summed E-state index contributed by atoms with van der Waals surface area (Å²) in [6.07, 6.45) is 0.162. The fraction of sp³-hybridized carbons (Fsp3) is 0.222. The lowest BCUT2D eigenvalue weighted by Gasteiger charge is -2.08. The number of anilines is 1. The van der Waals surface area contributed by atoms with Gasteiger partial charge in [-0.15, -0.1) is 0 Å². The predicted octanol–water partition coefficient (Wildman–Crippen LogP) is 2.52. The Morgan fingerprint density at radius 1 is 1.00 bits per heavy atom. The largest absolute Gasteiger partial charge is 0.484 e. The summed E-state index contributed by atoms with van der Waals surface area (Å²) in [7, 11) is 0. The highest BCUT2D eigenvalue weighted by Gasteiger charge is 2.05. The Balaban J connectivity index is 1.83. The molecule has 0 bridgehead atoms. The molecule has 126 valence electrons. The summed E-state index contributed by atoms with van der Waals surface area (Å²) in [5.41, 5.74) is 1.35. The average Bonchev–Trinajstić information content (AvgIpc) is 2.56. The van der Waals surface area contributed by atoms with Gasteiger partial charge in [0.1, 0.15) is 11.6 Å². The van der Waals surface area contributed by atoms with Crippen LogP contribution in [0.25, 0.3) is 0 Å². The molecule has 0 saturated heterocycles. The molecule has 2 N–H and O–H groups in total. The second-order valence-electron chi connectivity index (χ2n) is 5.12. The van der Waals surface area contributed by atoms with Crippen molar-refractivity contribution in [2.75, 3.05) is 18.5 Å². The van der Waals surface area contributed by atoms with Gasteiger partial charge in [0.15, 0.2) is 6.61 Å². The Labute approximate surface area is 139 Å². The first kappa shape index (κ1) is 17.5. The third-order valence-corrected chi connectivity index (χ3v) is 3.16. The van der Waals surface area contributed by atoms with Crippen molar-refractivity contribution in [3.05, 3.63) is 59.9 Å². The van der Waals surface area contributed by atoms with Gasteiger partial charge in [0.25, 0.3) is 5.91 Å². The molecular weight excluding hydrogens is 311 g/mol. The number of ether oxygens (including phenoxy) is 1. The number of halogens is 1. The average molecular weight is 330 g/mol. The lowest BCUT2D eigenvalue weighted by Crippen LogP contribution is -2.28.